The lowest BCUT2D eigenvalue weighted by atomic mass is 10.1. The average Bonchev–Trinajstić information content (AvgIpc) is 2.75. The van der Waals surface area contributed by atoms with Gasteiger partial charge in [-0.05, 0) is 36.4 Å². The highest BCUT2D eigenvalue weighted by atomic mass is 16.5. The molecule has 6 nitrogen and oxygen atoms in total. The fourth-order valence-electron chi connectivity index (χ4n) is 3.08. The van der Waals surface area contributed by atoms with E-state index in [1.165, 1.54) is 5.69 Å². The number of anilines is 3. The standard InChI is InChI=1S/C21H19N5O/c22-15-16-3-1-2-4-19(16)20-9-10-23-21(25-20)24-17-5-7-18(8-6-17)26-11-13-27-14-12-26/h1-10H,11-14H2,(H,23,24,25). The van der Waals surface area contributed by atoms with Crippen LogP contribution in [0.25, 0.3) is 11.3 Å². The van der Waals surface area contributed by atoms with Crippen molar-refractivity contribution in [3.8, 4) is 17.3 Å². The molecule has 4 rings (SSSR count). The van der Waals surface area contributed by atoms with Crippen LogP contribution in [0.3, 0.4) is 0 Å². The molecule has 0 unspecified atom stereocenters. The molecule has 0 aliphatic carbocycles. The van der Waals surface area contributed by atoms with E-state index in [0.717, 1.165) is 43.2 Å². The van der Waals surface area contributed by atoms with Crippen molar-refractivity contribution in [2.75, 3.05) is 36.5 Å². The number of nitriles is 1. The summed E-state index contributed by atoms with van der Waals surface area (Å²) in [6.07, 6.45) is 1.70. The summed E-state index contributed by atoms with van der Waals surface area (Å²) in [6.45, 7) is 3.36. The van der Waals surface area contributed by atoms with Gasteiger partial charge in [0.2, 0.25) is 5.95 Å². The molecule has 1 aromatic heterocycles. The zero-order chi connectivity index (χ0) is 18.5. The maximum absolute atomic E-state index is 9.30. The zero-order valence-electron chi connectivity index (χ0n) is 14.8. The summed E-state index contributed by atoms with van der Waals surface area (Å²) in [5, 5.41) is 12.5. The molecular weight excluding hydrogens is 338 g/mol. The van der Waals surface area contributed by atoms with E-state index in [9.17, 15) is 5.26 Å². The van der Waals surface area contributed by atoms with Gasteiger partial charge in [0.1, 0.15) is 0 Å². The molecule has 1 aliphatic rings. The lowest BCUT2D eigenvalue weighted by molar-refractivity contribution is 0.122. The molecule has 2 heterocycles. The van der Waals surface area contributed by atoms with E-state index in [4.69, 9.17) is 4.74 Å². The topological polar surface area (TPSA) is 74.1 Å². The van der Waals surface area contributed by atoms with Gasteiger partial charge in [-0.2, -0.15) is 5.26 Å². The van der Waals surface area contributed by atoms with Crippen LogP contribution in [0, 0.1) is 11.3 Å². The molecule has 134 valence electrons. The minimum absolute atomic E-state index is 0.499. The van der Waals surface area contributed by atoms with Crippen LogP contribution in [0.5, 0.6) is 0 Å². The van der Waals surface area contributed by atoms with Gasteiger partial charge in [-0.1, -0.05) is 18.2 Å². The predicted octanol–water partition coefficient (Wildman–Crippen LogP) is 3.60. The summed E-state index contributed by atoms with van der Waals surface area (Å²) in [6, 6.07) is 19.6. The zero-order valence-corrected chi connectivity index (χ0v) is 14.8. The number of ether oxygens (including phenoxy) is 1. The Morgan fingerprint density at radius 1 is 1.00 bits per heavy atom. The second-order valence-electron chi connectivity index (χ2n) is 6.19. The van der Waals surface area contributed by atoms with E-state index in [-0.39, 0.29) is 0 Å². The first kappa shape index (κ1) is 17.0. The van der Waals surface area contributed by atoms with Crippen molar-refractivity contribution < 1.29 is 4.74 Å². The Hall–Kier alpha value is -3.43. The first-order valence-corrected chi connectivity index (χ1v) is 8.86. The number of benzene rings is 2. The minimum Gasteiger partial charge on any atom is -0.378 e. The molecule has 6 heteroatoms. The Bertz CT molecular complexity index is 959. The Morgan fingerprint density at radius 3 is 2.56 bits per heavy atom. The molecule has 1 fully saturated rings. The van der Waals surface area contributed by atoms with Gasteiger partial charge in [-0.3, -0.25) is 0 Å². The second-order valence-corrected chi connectivity index (χ2v) is 6.19. The molecule has 0 amide bonds. The minimum atomic E-state index is 0.499. The number of hydrogen-bond acceptors (Lipinski definition) is 6. The second kappa shape index (κ2) is 7.85. The van der Waals surface area contributed by atoms with Gasteiger partial charge in [-0.15, -0.1) is 0 Å². The van der Waals surface area contributed by atoms with Crippen LogP contribution in [-0.2, 0) is 4.74 Å². The summed E-state index contributed by atoms with van der Waals surface area (Å²) in [4.78, 5) is 11.2. The van der Waals surface area contributed by atoms with Crippen LogP contribution < -0.4 is 10.2 Å². The Labute approximate surface area is 158 Å². The lowest BCUT2D eigenvalue weighted by Crippen LogP contribution is -2.36. The van der Waals surface area contributed by atoms with E-state index in [1.807, 2.05) is 36.4 Å². The fraction of sp³-hybridized carbons (Fsp3) is 0.190. The number of nitrogens with one attached hydrogen (secondary N) is 1. The van der Waals surface area contributed by atoms with Crippen LogP contribution in [-0.4, -0.2) is 36.3 Å². The van der Waals surface area contributed by atoms with Crippen LogP contribution in [0.4, 0.5) is 17.3 Å². The molecule has 1 saturated heterocycles. The van der Waals surface area contributed by atoms with Gasteiger partial charge < -0.3 is 15.0 Å². The third-order valence-corrected chi connectivity index (χ3v) is 4.48. The van der Waals surface area contributed by atoms with Gasteiger partial charge in [0.15, 0.2) is 0 Å². The van der Waals surface area contributed by atoms with E-state index in [1.54, 1.807) is 12.3 Å². The van der Waals surface area contributed by atoms with E-state index >= 15 is 0 Å². The van der Waals surface area contributed by atoms with Crippen molar-refractivity contribution in [3.63, 3.8) is 0 Å². The summed E-state index contributed by atoms with van der Waals surface area (Å²) < 4.78 is 5.40. The van der Waals surface area contributed by atoms with Crippen molar-refractivity contribution in [2.24, 2.45) is 0 Å². The highest BCUT2D eigenvalue weighted by Crippen LogP contribution is 2.24. The summed E-state index contributed by atoms with van der Waals surface area (Å²) in [5.74, 6) is 0.499. The van der Waals surface area contributed by atoms with Crippen molar-refractivity contribution >= 4 is 17.3 Å². The molecule has 3 aromatic rings. The smallest absolute Gasteiger partial charge is 0.227 e. The Balaban J connectivity index is 1.52. The SMILES string of the molecule is N#Cc1ccccc1-c1ccnc(Nc2ccc(N3CCOCC3)cc2)n1. The van der Waals surface area contributed by atoms with Gasteiger partial charge in [-0.25, -0.2) is 9.97 Å². The third-order valence-electron chi connectivity index (χ3n) is 4.48. The number of rotatable bonds is 4. The van der Waals surface area contributed by atoms with E-state index in [0.29, 0.717) is 11.5 Å². The van der Waals surface area contributed by atoms with E-state index < -0.39 is 0 Å². The largest absolute Gasteiger partial charge is 0.378 e. The summed E-state index contributed by atoms with van der Waals surface area (Å²) in [7, 11) is 0. The number of morpholine rings is 1. The molecule has 1 N–H and O–H groups in total. The van der Waals surface area contributed by atoms with Crippen molar-refractivity contribution in [1.29, 1.82) is 5.26 Å². The quantitative estimate of drug-likeness (QED) is 0.769. The predicted molar refractivity (Wildman–Crippen MR) is 105 cm³/mol. The van der Waals surface area contributed by atoms with Crippen molar-refractivity contribution in [2.45, 2.75) is 0 Å². The van der Waals surface area contributed by atoms with Gasteiger partial charge in [0.25, 0.3) is 0 Å². The monoisotopic (exact) mass is 357 g/mol. The van der Waals surface area contributed by atoms with Crippen LogP contribution in [0.15, 0.2) is 60.8 Å². The first-order chi connectivity index (χ1) is 13.3. The maximum atomic E-state index is 9.30. The average molecular weight is 357 g/mol. The molecule has 2 aromatic carbocycles. The highest BCUT2D eigenvalue weighted by Gasteiger charge is 2.11. The first-order valence-electron chi connectivity index (χ1n) is 8.86. The van der Waals surface area contributed by atoms with Crippen LogP contribution >= 0.6 is 0 Å². The molecule has 0 bridgehead atoms. The third kappa shape index (κ3) is 3.89. The number of nitrogens with zero attached hydrogens (tertiary/aromatic N) is 4. The molecular formula is C21H19N5O. The summed E-state index contributed by atoms with van der Waals surface area (Å²) in [5.41, 5.74) is 4.21. The number of aromatic nitrogens is 2. The van der Waals surface area contributed by atoms with Gasteiger partial charge in [0, 0.05) is 36.2 Å². The van der Waals surface area contributed by atoms with Gasteiger partial charge >= 0.3 is 0 Å². The molecule has 0 saturated carbocycles. The van der Waals surface area contributed by atoms with Crippen molar-refractivity contribution in [3.05, 3.63) is 66.4 Å². The van der Waals surface area contributed by atoms with E-state index in [2.05, 4.69) is 38.4 Å². The van der Waals surface area contributed by atoms with Crippen LogP contribution in [0.1, 0.15) is 5.56 Å². The highest BCUT2D eigenvalue weighted by molar-refractivity contribution is 5.68. The maximum Gasteiger partial charge on any atom is 0.227 e. The van der Waals surface area contributed by atoms with Gasteiger partial charge in [0.05, 0.1) is 30.5 Å². The Morgan fingerprint density at radius 2 is 1.78 bits per heavy atom. The molecule has 0 radical (unpaired) electrons. The number of hydrogen-bond donors (Lipinski definition) is 1. The lowest BCUT2D eigenvalue weighted by Gasteiger charge is -2.28. The fourth-order valence-corrected chi connectivity index (χ4v) is 3.08. The molecule has 0 spiro atoms. The molecule has 27 heavy (non-hydrogen) atoms. The van der Waals surface area contributed by atoms with Crippen LogP contribution in [0.2, 0.25) is 0 Å². The van der Waals surface area contributed by atoms with Crippen molar-refractivity contribution in [1.82, 2.24) is 9.97 Å². The normalized spacial score (nSPS) is 13.8. The Kier molecular flexibility index (Phi) is 4.95. The molecule has 0 atom stereocenters. The molecule has 1 aliphatic heterocycles. The summed E-state index contributed by atoms with van der Waals surface area (Å²) >= 11 is 0.